The van der Waals surface area contributed by atoms with E-state index >= 15 is 0 Å². The number of methoxy groups -OCH3 is 2. The van der Waals surface area contributed by atoms with Crippen LogP contribution in [-0.2, 0) is 9.47 Å². The molecule has 66 valence electrons. The molecule has 0 heterocycles. The summed E-state index contributed by atoms with van der Waals surface area (Å²) < 4.78 is 10.6. The standard InChI is InChI=1S/C8H17NO2/c1-9-6-4-7(10-2)8(5-6)11-3/h6-9H,4-5H2,1-3H3/t6?,7-,8?/m0/s1. The van der Waals surface area contributed by atoms with Crippen molar-refractivity contribution in [1.82, 2.24) is 5.32 Å². The van der Waals surface area contributed by atoms with E-state index in [0.29, 0.717) is 6.04 Å². The number of ether oxygens (including phenoxy) is 2. The Morgan fingerprint density at radius 2 is 1.55 bits per heavy atom. The summed E-state index contributed by atoms with van der Waals surface area (Å²) in [6.07, 6.45) is 2.67. The van der Waals surface area contributed by atoms with Crippen LogP contribution >= 0.6 is 0 Å². The first kappa shape index (κ1) is 8.97. The molecule has 0 aromatic rings. The summed E-state index contributed by atoms with van der Waals surface area (Å²) in [5.74, 6) is 0. The van der Waals surface area contributed by atoms with Gasteiger partial charge in [0.2, 0.25) is 0 Å². The second kappa shape index (κ2) is 4.04. The van der Waals surface area contributed by atoms with Crippen LogP contribution in [0.15, 0.2) is 0 Å². The molecule has 0 saturated heterocycles. The first-order valence-electron chi connectivity index (χ1n) is 4.04. The van der Waals surface area contributed by atoms with Crippen molar-refractivity contribution in [2.24, 2.45) is 0 Å². The van der Waals surface area contributed by atoms with Crippen LogP contribution in [0.25, 0.3) is 0 Å². The fourth-order valence-corrected chi connectivity index (χ4v) is 1.69. The van der Waals surface area contributed by atoms with Gasteiger partial charge in [-0.05, 0) is 19.9 Å². The van der Waals surface area contributed by atoms with Crippen molar-refractivity contribution in [3.63, 3.8) is 0 Å². The third kappa shape index (κ3) is 1.92. The molecule has 1 aliphatic carbocycles. The number of hydrogen-bond donors (Lipinski definition) is 1. The summed E-state index contributed by atoms with van der Waals surface area (Å²) in [6, 6.07) is 0.560. The van der Waals surface area contributed by atoms with E-state index in [9.17, 15) is 0 Å². The Morgan fingerprint density at radius 1 is 1.09 bits per heavy atom. The second-order valence-corrected chi connectivity index (χ2v) is 3.01. The Balaban J connectivity index is 2.41. The molecular weight excluding hydrogens is 142 g/mol. The average Bonchev–Trinajstić information content (AvgIpc) is 2.46. The van der Waals surface area contributed by atoms with Crippen LogP contribution in [0.5, 0.6) is 0 Å². The third-order valence-electron chi connectivity index (χ3n) is 2.46. The maximum absolute atomic E-state index is 5.28. The van der Waals surface area contributed by atoms with Gasteiger partial charge in [-0.3, -0.25) is 0 Å². The van der Waals surface area contributed by atoms with E-state index < -0.39 is 0 Å². The molecule has 1 aliphatic rings. The first-order chi connectivity index (χ1) is 5.31. The molecule has 3 heteroatoms. The topological polar surface area (TPSA) is 30.5 Å². The molecule has 0 amide bonds. The van der Waals surface area contributed by atoms with E-state index in [1.165, 1.54) is 0 Å². The van der Waals surface area contributed by atoms with Gasteiger partial charge in [0.15, 0.2) is 0 Å². The van der Waals surface area contributed by atoms with Crippen molar-refractivity contribution >= 4 is 0 Å². The van der Waals surface area contributed by atoms with Crippen molar-refractivity contribution in [3.05, 3.63) is 0 Å². The predicted octanol–water partition coefficient (Wildman–Crippen LogP) is 0.398. The zero-order valence-corrected chi connectivity index (χ0v) is 7.46. The van der Waals surface area contributed by atoms with E-state index in [1.54, 1.807) is 14.2 Å². The molecule has 1 fully saturated rings. The Hall–Kier alpha value is -0.120. The van der Waals surface area contributed by atoms with Gasteiger partial charge in [-0.2, -0.15) is 0 Å². The summed E-state index contributed by atoms with van der Waals surface area (Å²) in [4.78, 5) is 0. The lowest BCUT2D eigenvalue weighted by molar-refractivity contribution is -0.0157. The summed E-state index contributed by atoms with van der Waals surface area (Å²) in [5, 5.41) is 3.23. The lowest BCUT2D eigenvalue weighted by Crippen LogP contribution is -2.23. The lowest BCUT2D eigenvalue weighted by atomic mass is 10.2. The van der Waals surface area contributed by atoms with Crippen molar-refractivity contribution < 1.29 is 9.47 Å². The van der Waals surface area contributed by atoms with Crippen molar-refractivity contribution in [1.29, 1.82) is 0 Å². The molecule has 0 radical (unpaired) electrons. The minimum absolute atomic E-state index is 0.275. The van der Waals surface area contributed by atoms with Gasteiger partial charge in [0.25, 0.3) is 0 Å². The van der Waals surface area contributed by atoms with Gasteiger partial charge in [0.1, 0.15) is 0 Å². The monoisotopic (exact) mass is 159 g/mol. The van der Waals surface area contributed by atoms with Crippen LogP contribution in [0.2, 0.25) is 0 Å². The van der Waals surface area contributed by atoms with Crippen LogP contribution in [0.4, 0.5) is 0 Å². The fourth-order valence-electron chi connectivity index (χ4n) is 1.69. The average molecular weight is 159 g/mol. The molecule has 2 unspecified atom stereocenters. The molecule has 3 nitrogen and oxygen atoms in total. The van der Waals surface area contributed by atoms with E-state index in [1.807, 2.05) is 7.05 Å². The van der Waals surface area contributed by atoms with Crippen LogP contribution < -0.4 is 5.32 Å². The summed E-state index contributed by atoms with van der Waals surface area (Å²) >= 11 is 0. The van der Waals surface area contributed by atoms with Gasteiger partial charge in [0, 0.05) is 20.3 Å². The van der Waals surface area contributed by atoms with Gasteiger partial charge in [0.05, 0.1) is 12.2 Å². The van der Waals surface area contributed by atoms with Crippen molar-refractivity contribution in [2.45, 2.75) is 31.1 Å². The van der Waals surface area contributed by atoms with E-state index in [2.05, 4.69) is 5.32 Å². The maximum Gasteiger partial charge on any atom is 0.0848 e. The minimum atomic E-state index is 0.275. The Labute approximate surface area is 68.1 Å². The Morgan fingerprint density at radius 3 is 1.82 bits per heavy atom. The summed E-state index contributed by atoms with van der Waals surface area (Å²) in [6.45, 7) is 0. The molecule has 3 atom stereocenters. The first-order valence-corrected chi connectivity index (χ1v) is 4.04. The van der Waals surface area contributed by atoms with Crippen LogP contribution in [0.3, 0.4) is 0 Å². The molecular formula is C8H17NO2. The molecule has 1 saturated carbocycles. The van der Waals surface area contributed by atoms with E-state index in [-0.39, 0.29) is 12.2 Å². The Kier molecular flexibility index (Phi) is 3.30. The van der Waals surface area contributed by atoms with Gasteiger partial charge in [-0.1, -0.05) is 0 Å². The largest absolute Gasteiger partial charge is 0.379 e. The summed E-state index contributed by atoms with van der Waals surface area (Å²) in [5.41, 5.74) is 0. The molecule has 0 bridgehead atoms. The normalized spacial score (nSPS) is 37.9. The zero-order valence-electron chi connectivity index (χ0n) is 7.46. The number of nitrogens with one attached hydrogen (secondary N) is 1. The highest BCUT2D eigenvalue weighted by atomic mass is 16.5. The van der Waals surface area contributed by atoms with Gasteiger partial charge in [-0.15, -0.1) is 0 Å². The third-order valence-corrected chi connectivity index (χ3v) is 2.46. The molecule has 1 N–H and O–H groups in total. The van der Waals surface area contributed by atoms with Gasteiger partial charge < -0.3 is 14.8 Å². The van der Waals surface area contributed by atoms with Crippen LogP contribution in [0, 0.1) is 0 Å². The molecule has 0 aromatic carbocycles. The SMILES string of the molecule is CNC1CC(OC)[C@@H](OC)C1. The quantitative estimate of drug-likeness (QED) is 0.646. The number of rotatable bonds is 3. The highest BCUT2D eigenvalue weighted by Gasteiger charge is 2.33. The van der Waals surface area contributed by atoms with Crippen molar-refractivity contribution in [2.75, 3.05) is 21.3 Å². The Bertz CT molecular complexity index is 107. The van der Waals surface area contributed by atoms with Gasteiger partial charge in [-0.25, -0.2) is 0 Å². The highest BCUT2D eigenvalue weighted by molar-refractivity contribution is 4.88. The van der Waals surface area contributed by atoms with Crippen LogP contribution in [-0.4, -0.2) is 39.5 Å². The lowest BCUT2D eigenvalue weighted by Gasteiger charge is -2.15. The van der Waals surface area contributed by atoms with Gasteiger partial charge >= 0.3 is 0 Å². The van der Waals surface area contributed by atoms with E-state index in [0.717, 1.165) is 12.8 Å². The minimum Gasteiger partial charge on any atom is -0.379 e. The summed E-state index contributed by atoms with van der Waals surface area (Å²) in [7, 11) is 5.47. The fraction of sp³-hybridized carbons (Fsp3) is 1.00. The zero-order chi connectivity index (χ0) is 8.27. The predicted molar refractivity (Wildman–Crippen MR) is 43.7 cm³/mol. The molecule has 0 spiro atoms. The smallest absolute Gasteiger partial charge is 0.0848 e. The van der Waals surface area contributed by atoms with Crippen molar-refractivity contribution in [3.8, 4) is 0 Å². The highest BCUT2D eigenvalue weighted by Crippen LogP contribution is 2.24. The molecule has 0 aliphatic heterocycles. The van der Waals surface area contributed by atoms with Crippen LogP contribution in [0.1, 0.15) is 12.8 Å². The molecule has 1 rings (SSSR count). The molecule has 11 heavy (non-hydrogen) atoms. The molecule has 0 aromatic heterocycles. The second-order valence-electron chi connectivity index (χ2n) is 3.01. The van der Waals surface area contributed by atoms with E-state index in [4.69, 9.17) is 9.47 Å². The number of hydrogen-bond acceptors (Lipinski definition) is 3. The maximum atomic E-state index is 5.28.